The monoisotopic (exact) mass is 469 g/mol. The summed E-state index contributed by atoms with van der Waals surface area (Å²) >= 11 is 0. The Balaban J connectivity index is 1.58. The molecule has 0 aliphatic carbocycles. The third-order valence-electron chi connectivity index (χ3n) is 5.79. The van der Waals surface area contributed by atoms with Crippen LogP contribution in [0.25, 0.3) is 6.08 Å². The van der Waals surface area contributed by atoms with Crippen LogP contribution in [0.2, 0.25) is 0 Å². The molecule has 0 aromatic heterocycles. The van der Waals surface area contributed by atoms with Crippen LogP contribution >= 0.6 is 0 Å². The molecule has 1 amide bonds. The fourth-order valence-corrected chi connectivity index (χ4v) is 5.12. The maximum absolute atomic E-state index is 13.3. The van der Waals surface area contributed by atoms with Gasteiger partial charge < -0.3 is 4.90 Å². The predicted molar refractivity (Wildman–Crippen MR) is 133 cm³/mol. The van der Waals surface area contributed by atoms with Gasteiger partial charge in [0.2, 0.25) is 15.9 Å². The Hall–Kier alpha value is -2.48. The quantitative estimate of drug-likeness (QED) is 0.610. The molecule has 1 atom stereocenters. The van der Waals surface area contributed by atoms with Gasteiger partial charge in [0.15, 0.2) is 0 Å². The highest BCUT2D eigenvalue weighted by Crippen LogP contribution is 2.16. The van der Waals surface area contributed by atoms with Crippen molar-refractivity contribution in [3.05, 3.63) is 71.8 Å². The van der Waals surface area contributed by atoms with Gasteiger partial charge in [0.1, 0.15) is 6.04 Å². The largest absolute Gasteiger partial charge is 0.339 e. The van der Waals surface area contributed by atoms with Crippen molar-refractivity contribution in [3.63, 3.8) is 0 Å². The van der Waals surface area contributed by atoms with E-state index in [1.807, 2.05) is 39.0 Å². The highest BCUT2D eigenvalue weighted by molar-refractivity contribution is 7.89. The summed E-state index contributed by atoms with van der Waals surface area (Å²) in [6.45, 7) is 9.46. The Labute approximate surface area is 198 Å². The molecule has 1 aliphatic heterocycles. The number of piperazine rings is 1. The maximum Gasteiger partial charge on any atom is 0.241 e. The van der Waals surface area contributed by atoms with E-state index in [4.69, 9.17) is 0 Å². The van der Waals surface area contributed by atoms with E-state index in [2.05, 4.69) is 33.9 Å². The fraction of sp³-hybridized carbons (Fsp3) is 0.423. The highest BCUT2D eigenvalue weighted by atomic mass is 32.2. The summed E-state index contributed by atoms with van der Waals surface area (Å²) in [5, 5.41) is 0. The Kier molecular flexibility index (Phi) is 8.83. The fourth-order valence-electron chi connectivity index (χ4n) is 3.92. The molecule has 1 heterocycles. The number of carbonyl (C=O) groups is 1. The number of amides is 1. The van der Waals surface area contributed by atoms with Crippen LogP contribution in [-0.2, 0) is 14.8 Å². The topological polar surface area (TPSA) is 69.7 Å². The summed E-state index contributed by atoms with van der Waals surface area (Å²) in [7, 11) is -3.77. The lowest BCUT2D eigenvalue weighted by Crippen LogP contribution is -2.55. The molecule has 1 N–H and O–H groups in total. The maximum atomic E-state index is 13.3. The van der Waals surface area contributed by atoms with Gasteiger partial charge in [0, 0.05) is 32.7 Å². The van der Waals surface area contributed by atoms with E-state index in [9.17, 15) is 13.2 Å². The van der Waals surface area contributed by atoms with E-state index in [-0.39, 0.29) is 16.7 Å². The van der Waals surface area contributed by atoms with Crippen molar-refractivity contribution in [2.45, 2.75) is 38.1 Å². The van der Waals surface area contributed by atoms with Crippen molar-refractivity contribution in [2.24, 2.45) is 5.92 Å². The smallest absolute Gasteiger partial charge is 0.241 e. The zero-order chi connectivity index (χ0) is 23.8. The van der Waals surface area contributed by atoms with Crippen molar-refractivity contribution in [3.8, 4) is 0 Å². The molecular formula is C26H35N3O3S. The molecule has 0 radical (unpaired) electrons. The molecule has 2 aromatic carbocycles. The summed E-state index contributed by atoms with van der Waals surface area (Å²) in [6, 6.07) is 16.1. The minimum Gasteiger partial charge on any atom is -0.339 e. The van der Waals surface area contributed by atoms with Gasteiger partial charge in [-0.1, -0.05) is 74.0 Å². The average molecular weight is 470 g/mol. The molecule has 0 spiro atoms. The number of rotatable bonds is 9. The van der Waals surface area contributed by atoms with Crippen molar-refractivity contribution < 1.29 is 13.2 Å². The molecule has 2 aromatic rings. The molecule has 1 fully saturated rings. The van der Waals surface area contributed by atoms with Gasteiger partial charge in [-0.3, -0.25) is 9.69 Å². The van der Waals surface area contributed by atoms with Crippen LogP contribution in [-0.4, -0.2) is 62.9 Å². The first-order valence-corrected chi connectivity index (χ1v) is 13.0. The second-order valence-electron chi connectivity index (χ2n) is 9.06. The first-order chi connectivity index (χ1) is 15.7. The summed E-state index contributed by atoms with van der Waals surface area (Å²) in [5.41, 5.74) is 2.16. The van der Waals surface area contributed by atoms with Crippen LogP contribution in [0.1, 0.15) is 31.4 Å². The number of hydrogen-bond donors (Lipinski definition) is 1. The number of hydrogen-bond acceptors (Lipinski definition) is 4. The number of nitrogens with zero attached hydrogens (tertiary/aromatic N) is 2. The molecule has 0 bridgehead atoms. The second-order valence-corrected chi connectivity index (χ2v) is 10.8. The second kappa shape index (κ2) is 11.6. The van der Waals surface area contributed by atoms with Crippen LogP contribution in [0.15, 0.2) is 65.6 Å². The number of benzene rings is 2. The molecule has 0 saturated carbocycles. The average Bonchev–Trinajstić information content (AvgIpc) is 2.79. The first-order valence-electron chi connectivity index (χ1n) is 11.6. The van der Waals surface area contributed by atoms with Crippen LogP contribution < -0.4 is 4.72 Å². The Morgan fingerprint density at radius 3 is 2.24 bits per heavy atom. The van der Waals surface area contributed by atoms with E-state index < -0.39 is 16.1 Å². The Morgan fingerprint density at radius 2 is 1.64 bits per heavy atom. The molecule has 7 heteroatoms. The Morgan fingerprint density at radius 1 is 1.00 bits per heavy atom. The predicted octanol–water partition coefficient (Wildman–Crippen LogP) is 3.55. The van der Waals surface area contributed by atoms with Crippen LogP contribution in [0.3, 0.4) is 0 Å². The van der Waals surface area contributed by atoms with E-state index in [0.29, 0.717) is 19.5 Å². The van der Waals surface area contributed by atoms with Crippen molar-refractivity contribution in [2.75, 3.05) is 32.7 Å². The van der Waals surface area contributed by atoms with Crippen molar-refractivity contribution in [1.82, 2.24) is 14.5 Å². The van der Waals surface area contributed by atoms with E-state index in [0.717, 1.165) is 25.2 Å². The van der Waals surface area contributed by atoms with Gasteiger partial charge >= 0.3 is 0 Å². The number of nitrogens with one attached hydrogen (secondary N) is 1. The van der Waals surface area contributed by atoms with Gasteiger partial charge in [-0.25, -0.2) is 8.42 Å². The Bertz CT molecular complexity index is 1030. The molecule has 1 saturated heterocycles. The van der Waals surface area contributed by atoms with Crippen LogP contribution in [0, 0.1) is 12.8 Å². The lowest BCUT2D eigenvalue weighted by atomic mass is 10.0. The lowest BCUT2D eigenvalue weighted by Gasteiger charge is -2.36. The van der Waals surface area contributed by atoms with Gasteiger partial charge in [-0.15, -0.1) is 0 Å². The number of sulfonamides is 1. The molecular weight excluding hydrogens is 434 g/mol. The summed E-state index contributed by atoms with van der Waals surface area (Å²) in [5.74, 6) is 0.0444. The number of aryl methyl sites for hydroxylation is 1. The van der Waals surface area contributed by atoms with Gasteiger partial charge in [-0.2, -0.15) is 4.72 Å². The SMILES string of the molecule is Cc1ccc(S(=O)(=O)N[C@@H](CC(C)C)C(=O)N2CCN(C/C=C/c3ccccc3)CC2)cc1. The van der Waals surface area contributed by atoms with Gasteiger partial charge in [0.05, 0.1) is 4.90 Å². The minimum absolute atomic E-state index is 0.140. The summed E-state index contributed by atoms with van der Waals surface area (Å²) < 4.78 is 28.5. The third kappa shape index (κ3) is 7.52. The van der Waals surface area contributed by atoms with Gasteiger partial charge in [0.25, 0.3) is 0 Å². The van der Waals surface area contributed by atoms with Crippen molar-refractivity contribution >= 4 is 22.0 Å². The zero-order valence-corrected chi connectivity index (χ0v) is 20.6. The third-order valence-corrected chi connectivity index (χ3v) is 7.28. The van der Waals surface area contributed by atoms with Crippen LogP contribution in [0.4, 0.5) is 0 Å². The molecule has 6 nitrogen and oxygen atoms in total. The first kappa shape index (κ1) is 25.1. The van der Waals surface area contributed by atoms with E-state index >= 15 is 0 Å². The normalized spacial score (nSPS) is 16.4. The zero-order valence-electron chi connectivity index (χ0n) is 19.8. The van der Waals surface area contributed by atoms with Crippen molar-refractivity contribution in [1.29, 1.82) is 0 Å². The highest BCUT2D eigenvalue weighted by Gasteiger charge is 2.31. The minimum atomic E-state index is -3.77. The van der Waals surface area contributed by atoms with Gasteiger partial charge in [-0.05, 0) is 37.0 Å². The standard InChI is InChI=1S/C26H35N3O3S/c1-21(2)20-25(27-33(31,32)24-13-11-22(3)12-14-24)26(30)29-18-16-28(17-19-29)15-7-10-23-8-5-4-6-9-23/h4-14,21,25,27H,15-20H2,1-3H3/b10-7+/t25-/m0/s1. The van der Waals surface area contributed by atoms with E-state index in [1.165, 1.54) is 5.56 Å². The molecule has 0 unspecified atom stereocenters. The summed E-state index contributed by atoms with van der Waals surface area (Å²) in [6.07, 6.45) is 4.71. The molecule has 1 aliphatic rings. The molecule has 33 heavy (non-hydrogen) atoms. The lowest BCUT2D eigenvalue weighted by molar-refractivity contribution is -0.135. The molecule has 3 rings (SSSR count). The van der Waals surface area contributed by atoms with E-state index in [1.54, 1.807) is 29.2 Å². The van der Waals surface area contributed by atoms with Crippen LogP contribution in [0.5, 0.6) is 0 Å². The molecule has 178 valence electrons. The number of carbonyl (C=O) groups excluding carboxylic acids is 1. The summed E-state index contributed by atoms with van der Waals surface area (Å²) in [4.78, 5) is 17.6.